The van der Waals surface area contributed by atoms with Crippen LogP contribution in [0.1, 0.15) is 12.5 Å². The van der Waals surface area contributed by atoms with Crippen molar-refractivity contribution in [2.75, 3.05) is 16.2 Å². The Kier molecular flexibility index (Phi) is 4.11. The zero-order chi connectivity index (χ0) is 19.0. The molecule has 3 aromatic rings. The SMILES string of the molecule is CC(=O)N1CCc2cc(S(=O)(=O)Nc3ccc(-n4cnnn4)cc3)ccc21. The first-order chi connectivity index (χ1) is 12.9. The van der Waals surface area contributed by atoms with E-state index in [0.29, 0.717) is 24.3 Å². The van der Waals surface area contributed by atoms with E-state index in [0.717, 1.165) is 11.3 Å². The summed E-state index contributed by atoms with van der Waals surface area (Å²) in [7, 11) is -3.74. The molecule has 0 aliphatic carbocycles. The Balaban J connectivity index is 1.56. The number of carbonyl (C=O) groups excluding carboxylic acids is 1. The van der Waals surface area contributed by atoms with Gasteiger partial charge in [-0.15, -0.1) is 5.10 Å². The number of anilines is 2. The Morgan fingerprint density at radius 1 is 1.15 bits per heavy atom. The molecule has 0 fully saturated rings. The Hall–Kier alpha value is -3.27. The third kappa shape index (κ3) is 3.26. The van der Waals surface area contributed by atoms with Crippen LogP contribution < -0.4 is 9.62 Å². The predicted octanol–water partition coefficient (Wildman–Crippen LogP) is 1.37. The summed E-state index contributed by atoms with van der Waals surface area (Å²) < 4.78 is 29.4. The molecule has 138 valence electrons. The van der Waals surface area contributed by atoms with Crippen LogP contribution in [0.3, 0.4) is 0 Å². The lowest BCUT2D eigenvalue weighted by Gasteiger charge is -2.15. The number of aromatic nitrogens is 4. The van der Waals surface area contributed by atoms with E-state index < -0.39 is 10.0 Å². The van der Waals surface area contributed by atoms with Crippen LogP contribution in [0, 0.1) is 0 Å². The maximum absolute atomic E-state index is 12.7. The number of sulfonamides is 1. The number of rotatable bonds is 4. The molecule has 0 saturated carbocycles. The number of nitrogens with one attached hydrogen (secondary N) is 1. The van der Waals surface area contributed by atoms with Gasteiger partial charge in [0.05, 0.1) is 10.6 Å². The normalized spacial score (nSPS) is 13.4. The monoisotopic (exact) mass is 384 g/mol. The van der Waals surface area contributed by atoms with E-state index in [1.54, 1.807) is 41.3 Å². The molecule has 1 aliphatic heterocycles. The molecule has 9 nitrogen and oxygen atoms in total. The highest BCUT2D eigenvalue weighted by molar-refractivity contribution is 7.92. The molecule has 0 atom stereocenters. The van der Waals surface area contributed by atoms with Gasteiger partial charge in [-0.1, -0.05) is 0 Å². The summed E-state index contributed by atoms with van der Waals surface area (Å²) in [5, 5.41) is 10.9. The molecule has 2 heterocycles. The molecule has 1 N–H and O–H groups in total. The second kappa shape index (κ2) is 6.47. The van der Waals surface area contributed by atoms with Crippen LogP contribution in [0.2, 0.25) is 0 Å². The average Bonchev–Trinajstić information content (AvgIpc) is 3.31. The molecule has 1 aliphatic rings. The fourth-order valence-corrected chi connectivity index (χ4v) is 4.16. The lowest BCUT2D eigenvalue weighted by Crippen LogP contribution is -2.25. The highest BCUT2D eigenvalue weighted by Crippen LogP contribution is 2.30. The minimum absolute atomic E-state index is 0.0508. The van der Waals surface area contributed by atoms with Gasteiger partial charge in [-0.2, -0.15) is 0 Å². The number of amides is 1. The van der Waals surface area contributed by atoms with Crippen molar-refractivity contribution in [1.82, 2.24) is 20.2 Å². The van der Waals surface area contributed by atoms with Crippen LogP contribution >= 0.6 is 0 Å². The number of nitrogens with zero attached hydrogens (tertiary/aromatic N) is 5. The van der Waals surface area contributed by atoms with Crippen LogP contribution in [-0.2, 0) is 21.2 Å². The fraction of sp³-hybridized carbons (Fsp3) is 0.176. The van der Waals surface area contributed by atoms with Crippen molar-refractivity contribution >= 4 is 27.3 Å². The summed E-state index contributed by atoms with van der Waals surface area (Å²) in [6.45, 7) is 2.07. The van der Waals surface area contributed by atoms with Crippen molar-refractivity contribution in [3.63, 3.8) is 0 Å². The number of hydrogen-bond acceptors (Lipinski definition) is 6. The Morgan fingerprint density at radius 2 is 1.93 bits per heavy atom. The van der Waals surface area contributed by atoms with Crippen LogP contribution in [0.5, 0.6) is 0 Å². The first-order valence-electron chi connectivity index (χ1n) is 8.21. The first kappa shape index (κ1) is 17.2. The number of tetrazole rings is 1. The molecule has 1 aromatic heterocycles. The van der Waals surface area contributed by atoms with E-state index in [1.165, 1.54) is 24.0 Å². The Morgan fingerprint density at radius 3 is 2.59 bits per heavy atom. The summed E-state index contributed by atoms with van der Waals surface area (Å²) in [5.41, 5.74) is 2.76. The largest absolute Gasteiger partial charge is 0.312 e. The maximum atomic E-state index is 12.7. The van der Waals surface area contributed by atoms with Crippen molar-refractivity contribution in [2.45, 2.75) is 18.2 Å². The first-order valence-corrected chi connectivity index (χ1v) is 9.70. The molecule has 2 aromatic carbocycles. The molecule has 0 bridgehead atoms. The van der Waals surface area contributed by atoms with Gasteiger partial charge in [0, 0.05) is 24.8 Å². The molecule has 0 radical (unpaired) electrons. The van der Waals surface area contributed by atoms with Crippen molar-refractivity contribution in [2.24, 2.45) is 0 Å². The molecule has 0 saturated heterocycles. The van der Waals surface area contributed by atoms with Crippen LogP contribution in [0.25, 0.3) is 5.69 Å². The van der Waals surface area contributed by atoms with Crippen LogP contribution in [0.4, 0.5) is 11.4 Å². The summed E-state index contributed by atoms with van der Waals surface area (Å²) >= 11 is 0. The Bertz CT molecular complexity index is 1090. The van der Waals surface area contributed by atoms with E-state index >= 15 is 0 Å². The smallest absolute Gasteiger partial charge is 0.261 e. The maximum Gasteiger partial charge on any atom is 0.261 e. The van der Waals surface area contributed by atoms with E-state index in [2.05, 4.69) is 20.2 Å². The zero-order valence-corrected chi connectivity index (χ0v) is 15.2. The summed E-state index contributed by atoms with van der Waals surface area (Å²) in [6, 6.07) is 11.5. The molecule has 27 heavy (non-hydrogen) atoms. The highest BCUT2D eigenvalue weighted by atomic mass is 32.2. The molecular formula is C17H16N6O3S. The molecule has 4 rings (SSSR count). The van der Waals surface area contributed by atoms with Crippen molar-refractivity contribution in [3.8, 4) is 5.69 Å². The van der Waals surface area contributed by atoms with Gasteiger partial charge in [-0.3, -0.25) is 9.52 Å². The predicted molar refractivity (Wildman–Crippen MR) is 98.1 cm³/mol. The molecule has 1 amide bonds. The van der Waals surface area contributed by atoms with E-state index in [1.807, 2.05) is 0 Å². The van der Waals surface area contributed by atoms with E-state index in [9.17, 15) is 13.2 Å². The quantitative estimate of drug-likeness (QED) is 0.727. The minimum Gasteiger partial charge on any atom is -0.312 e. The number of hydrogen-bond donors (Lipinski definition) is 1. The van der Waals surface area contributed by atoms with Gasteiger partial charge in [0.15, 0.2) is 0 Å². The van der Waals surface area contributed by atoms with Crippen molar-refractivity contribution in [3.05, 3.63) is 54.4 Å². The van der Waals surface area contributed by atoms with Gasteiger partial charge >= 0.3 is 0 Å². The van der Waals surface area contributed by atoms with Crippen molar-refractivity contribution < 1.29 is 13.2 Å². The lowest BCUT2D eigenvalue weighted by atomic mass is 10.2. The standard InChI is InChI=1S/C17H16N6O3S/c1-12(24)22-9-8-13-10-16(6-7-17(13)22)27(25,26)19-14-2-4-15(5-3-14)23-11-18-20-21-23/h2-7,10-11,19H,8-9H2,1H3. The number of fused-ring (bicyclic) bond motifs is 1. The highest BCUT2D eigenvalue weighted by Gasteiger charge is 2.24. The molecule has 10 heteroatoms. The van der Waals surface area contributed by atoms with E-state index in [-0.39, 0.29) is 10.8 Å². The topological polar surface area (TPSA) is 110 Å². The molecule has 0 unspecified atom stereocenters. The second-order valence-corrected chi connectivity index (χ2v) is 7.80. The van der Waals surface area contributed by atoms with Crippen LogP contribution in [-0.4, -0.2) is 41.1 Å². The average molecular weight is 384 g/mol. The van der Waals surface area contributed by atoms with Gasteiger partial charge in [0.2, 0.25) is 5.91 Å². The molecule has 0 spiro atoms. The lowest BCUT2D eigenvalue weighted by molar-refractivity contribution is -0.116. The summed E-state index contributed by atoms with van der Waals surface area (Å²) in [5.74, 6) is -0.0508. The number of benzene rings is 2. The third-order valence-electron chi connectivity index (χ3n) is 4.37. The van der Waals surface area contributed by atoms with Crippen molar-refractivity contribution in [1.29, 1.82) is 0 Å². The Labute approximate surface area is 155 Å². The van der Waals surface area contributed by atoms with Gasteiger partial charge in [0.1, 0.15) is 6.33 Å². The summed E-state index contributed by atoms with van der Waals surface area (Å²) in [6.07, 6.45) is 2.09. The van der Waals surface area contributed by atoms with Gasteiger partial charge in [-0.05, 0) is 64.9 Å². The van der Waals surface area contributed by atoms with Crippen LogP contribution in [0.15, 0.2) is 53.7 Å². The third-order valence-corrected chi connectivity index (χ3v) is 5.75. The molecular weight excluding hydrogens is 368 g/mol. The van der Waals surface area contributed by atoms with Gasteiger partial charge in [-0.25, -0.2) is 13.1 Å². The second-order valence-electron chi connectivity index (χ2n) is 6.12. The zero-order valence-electron chi connectivity index (χ0n) is 14.4. The van der Waals surface area contributed by atoms with Gasteiger partial charge in [0.25, 0.3) is 10.0 Å². The van der Waals surface area contributed by atoms with Gasteiger partial charge < -0.3 is 4.90 Å². The fourth-order valence-electron chi connectivity index (χ4n) is 3.05. The summed E-state index contributed by atoms with van der Waals surface area (Å²) in [4.78, 5) is 13.4. The van der Waals surface area contributed by atoms with E-state index in [4.69, 9.17) is 0 Å². The minimum atomic E-state index is -3.74. The number of carbonyl (C=O) groups is 1.